The van der Waals surface area contributed by atoms with Crippen LogP contribution >= 0.6 is 15.9 Å². The van der Waals surface area contributed by atoms with E-state index in [9.17, 15) is 0 Å². The molecule has 0 saturated heterocycles. The molecule has 43 heavy (non-hydrogen) atoms. The van der Waals surface area contributed by atoms with Crippen LogP contribution in [-0.2, 0) is 0 Å². The molecule has 2 heterocycles. The third-order valence-corrected chi connectivity index (χ3v) is 7.69. The highest BCUT2D eigenvalue weighted by molar-refractivity contribution is 9.10. The average molecular weight is 646 g/mol. The zero-order chi connectivity index (χ0) is 29.9. The largest absolute Gasteiger partial charge is 0.494 e. The molecule has 0 aliphatic rings. The Kier molecular flexibility index (Phi) is 11.0. The lowest BCUT2D eigenvalue weighted by molar-refractivity contribution is 0.305. The molecular weight excluding hydrogens is 608 g/mol. The lowest BCUT2D eigenvalue weighted by Crippen LogP contribution is -1.96. The average Bonchev–Trinajstić information content (AvgIpc) is 3.73. The summed E-state index contributed by atoms with van der Waals surface area (Å²) < 4.78 is 24.4. The fraction of sp³-hybridized carbons (Fsp3) is 0.353. The highest BCUT2D eigenvalue weighted by atomic mass is 79.9. The summed E-state index contributed by atoms with van der Waals surface area (Å²) in [4.78, 5) is 0. The van der Waals surface area contributed by atoms with E-state index in [1.54, 1.807) is 0 Å². The minimum Gasteiger partial charge on any atom is -0.494 e. The second-order valence-electron chi connectivity index (χ2n) is 10.4. The standard InChI is InChI=1S/C34H37BrN4O4/c1-3-5-7-9-21-40-27-16-11-24(12-17-27)31-36-38-33(42-31)26-15-20-29(30(35)23-26)34-39-37-32(43-34)25-13-18-28(19-14-25)41-22-10-8-6-4-2/h11-20,23H,3-10,21-22H2,1-2H3. The molecular formula is C34H37BrN4O4. The molecule has 5 rings (SSSR count). The van der Waals surface area contributed by atoms with Crippen molar-refractivity contribution in [3.63, 3.8) is 0 Å². The van der Waals surface area contributed by atoms with Crippen molar-refractivity contribution in [2.45, 2.75) is 65.2 Å². The minimum absolute atomic E-state index is 0.406. The van der Waals surface area contributed by atoms with Crippen molar-refractivity contribution in [3.8, 4) is 57.3 Å². The summed E-state index contributed by atoms with van der Waals surface area (Å²) in [5.74, 6) is 3.37. The van der Waals surface area contributed by atoms with Gasteiger partial charge in [0.05, 0.1) is 18.8 Å². The van der Waals surface area contributed by atoms with Crippen LogP contribution in [0, 0.1) is 0 Å². The molecule has 0 fully saturated rings. The van der Waals surface area contributed by atoms with Crippen molar-refractivity contribution in [2.24, 2.45) is 0 Å². The number of halogens is 1. The third kappa shape index (κ3) is 8.32. The maximum atomic E-state index is 6.01. The second-order valence-corrected chi connectivity index (χ2v) is 11.2. The molecule has 0 radical (unpaired) electrons. The molecule has 5 aromatic rings. The molecule has 0 spiro atoms. The van der Waals surface area contributed by atoms with E-state index in [0.29, 0.717) is 23.6 Å². The fourth-order valence-electron chi connectivity index (χ4n) is 4.55. The first-order valence-corrected chi connectivity index (χ1v) is 15.9. The Bertz CT molecular complexity index is 1560. The quantitative estimate of drug-likeness (QED) is 0.0979. The van der Waals surface area contributed by atoms with Gasteiger partial charge in [0.2, 0.25) is 23.6 Å². The molecule has 0 amide bonds. The van der Waals surface area contributed by atoms with E-state index in [4.69, 9.17) is 18.3 Å². The molecule has 8 nitrogen and oxygen atoms in total. The lowest BCUT2D eigenvalue weighted by atomic mass is 10.1. The first kappa shape index (κ1) is 30.5. The second kappa shape index (κ2) is 15.5. The van der Waals surface area contributed by atoms with E-state index in [1.165, 1.54) is 38.5 Å². The van der Waals surface area contributed by atoms with E-state index in [1.807, 2.05) is 66.7 Å². The molecule has 3 aromatic carbocycles. The van der Waals surface area contributed by atoms with Gasteiger partial charge in [-0.25, -0.2) is 0 Å². The number of nitrogens with zero attached hydrogens (tertiary/aromatic N) is 4. The van der Waals surface area contributed by atoms with Gasteiger partial charge in [-0.05, 0) is 95.5 Å². The molecule has 0 aliphatic carbocycles. The van der Waals surface area contributed by atoms with Crippen LogP contribution in [0.5, 0.6) is 11.5 Å². The molecule has 9 heteroatoms. The van der Waals surface area contributed by atoms with Gasteiger partial charge in [-0.2, -0.15) is 0 Å². The van der Waals surface area contributed by atoms with Crippen molar-refractivity contribution in [1.82, 2.24) is 20.4 Å². The molecule has 0 aliphatic heterocycles. The summed E-state index contributed by atoms with van der Waals surface area (Å²) in [7, 11) is 0. The summed E-state index contributed by atoms with van der Waals surface area (Å²) in [6.45, 7) is 5.85. The number of rotatable bonds is 16. The Hall–Kier alpha value is -3.98. The summed E-state index contributed by atoms with van der Waals surface area (Å²) in [6.07, 6.45) is 9.42. The first-order valence-electron chi connectivity index (χ1n) is 15.1. The van der Waals surface area contributed by atoms with Crippen LogP contribution in [0.3, 0.4) is 0 Å². The maximum Gasteiger partial charge on any atom is 0.249 e. The molecule has 2 aromatic heterocycles. The zero-order valence-corrected chi connectivity index (χ0v) is 26.3. The number of aromatic nitrogens is 4. The van der Waals surface area contributed by atoms with Gasteiger partial charge >= 0.3 is 0 Å². The van der Waals surface area contributed by atoms with Crippen LogP contribution in [0.1, 0.15) is 65.2 Å². The Balaban J connectivity index is 1.20. The van der Waals surface area contributed by atoms with Gasteiger partial charge in [0.25, 0.3) is 0 Å². The van der Waals surface area contributed by atoms with Crippen LogP contribution in [0.4, 0.5) is 0 Å². The number of ether oxygens (including phenoxy) is 2. The topological polar surface area (TPSA) is 96.3 Å². The van der Waals surface area contributed by atoms with Crippen molar-refractivity contribution in [3.05, 3.63) is 71.2 Å². The van der Waals surface area contributed by atoms with E-state index in [2.05, 4.69) is 50.2 Å². The van der Waals surface area contributed by atoms with Gasteiger partial charge < -0.3 is 18.3 Å². The molecule has 0 atom stereocenters. The van der Waals surface area contributed by atoms with Gasteiger partial charge in [-0.1, -0.05) is 52.4 Å². The van der Waals surface area contributed by atoms with Gasteiger partial charge in [-0.3, -0.25) is 0 Å². The van der Waals surface area contributed by atoms with Crippen molar-refractivity contribution < 1.29 is 18.3 Å². The Morgan fingerprint density at radius 3 is 1.47 bits per heavy atom. The normalized spacial score (nSPS) is 11.1. The highest BCUT2D eigenvalue weighted by Gasteiger charge is 2.17. The molecule has 224 valence electrons. The van der Waals surface area contributed by atoms with Gasteiger partial charge in [0.1, 0.15) is 11.5 Å². The van der Waals surface area contributed by atoms with E-state index >= 15 is 0 Å². The van der Waals surface area contributed by atoms with Gasteiger partial charge in [-0.15, -0.1) is 20.4 Å². The van der Waals surface area contributed by atoms with Crippen molar-refractivity contribution >= 4 is 15.9 Å². The predicted octanol–water partition coefficient (Wildman–Crippen LogP) is 9.80. The van der Waals surface area contributed by atoms with E-state index in [-0.39, 0.29) is 0 Å². The van der Waals surface area contributed by atoms with Crippen molar-refractivity contribution in [1.29, 1.82) is 0 Å². The van der Waals surface area contributed by atoms with Crippen LogP contribution in [0.15, 0.2) is 80.0 Å². The molecule has 0 bridgehead atoms. The summed E-state index contributed by atoms with van der Waals surface area (Å²) in [5, 5.41) is 17.0. The summed E-state index contributed by atoms with van der Waals surface area (Å²) in [5.41, 5.74) is 3.19. The lowest BCUT2D eigenvalue weighted by Gasteiger charge is -2.06. The van der Waals surface area contributed by atoms with Gasteiger partial charge in [0, 0.05) is 21.2 Å². The summed E-state index contributed by atoms with van der Waals surface area (Å²) in [6, 6.07) is 21.1. The number of benzene rings is 3. The van der Waals surface area contributed by atoms with Crippen LogP contribution in [-0.4, -0.2) is 33.6 Å². The number of hydrogen-bond donors (Lipinski definition) is 0. The van der Waals surface area contributed by atoms with Gasteiger partial charge in [0.15, 0.2) is 0 Å². The van der Waals surface area contributed by atoms with Crippen molar-refractivity contribution in [2.75, 3.05) is 13.2 Å². The number of unbranched alkanes of at least 4 members (excludes halogenated alkanes) is 6. The smallest absolute Gasteiger partial charge is 0.249 e. The monoisotopic (exact) mass is 644 g/mol. The van der Waals surface area contributed by atoms with Crippen LogP contribution in [0.25, 0.3) is 45.8 Å². The molecule has 0 unspecified atom stereocenters. The highest BCUT2D eigenvalue weighted by Crippen LogP contribution is 2.34. The van der Waals surface area contributed by atoms with E-state index in [0.717, 1.165) is 64.3 Å². The minimum atomic E-state index is 0.406. The van der Waals surface area contributed by atoms with E-state index < -0.39 is 0 Å². The maximum absolute atomic E-state index is 6.01. The van der Waals surface area contributed by atoms with Crippen LogP contribution in [0.2, 0.25) is 0 Å². The molecule has 0 saturated carbocycles. The summed E-state index contributed by atoms with van der Waals surface area (Å²) >= 11 is 3.64. The Morgan fingerprint density at radius 2 is 0.977 bits per heavy atom. The Labute approximate surface area is 261 Å². The SMILES string of the molecule is CCCCCCOc1ccc(-c2nnc(-c3ccc(-c4nnc(-c5ccc(OCCCCCC)cc5)o4)c(Br)c3)o2)cc1. The molecule has 0 N–H and O–H groups in total. The third-order valence-electron chi connectivity index (χ3n) is 7.03. The fourth-order valence-corrected chi connectivity index (χ4v) is 5.10. The number of hydrogen-bond acceptors (Lipinski definition) is 8. The zero-order valence-electron chi connectivity index (χ0n) is 24.7. The Morgan fingerprint density at radius 1 is 0.535 bits per heavy atom. The van der Waals surface area contributed by atoms with Crippen LogP contribution < -0.4 is 9.47 Å². The first-order chi connectivity index (χ1) is 21.1. The predicted molar refractivity (Wildman–Crippen MR) is 171 cm³/mol.